The van der Waals surface area contributed by atoms with Gasteiger partial charge in [-0.2, -0.15) is 0 Å². The third kappa shape index (κ3) is 7.02. The minimum absolute atomic E-state index is 0.00487. The molecule has 2 aliphatic rings. The molecule has 286 valence electrons. The third-order valence-electron chi connectivity index (χ3n) is 12.0. The lowest BCUT2D eigenvalue weighted by atomic mass is 9.63. The van der Waals surface area contributed by atoms with E-state index in [1.807, 2.05) is 0 Å². The summed E-state index contributed by atoms with van der Waals surface area (Å²) in [5.74, 6) is 0. The maximum atomic E-state index is 2.68. The molecule has 0 fully saturated rings. The highest BCUT2D eigenvalue weighted by molar-refractivity contribution is 6.56. The number of fused-ring (bicyclic) bond motifs is 3. The number of hydrogen-bond donors (Lipinski definition) is 0. The summed E-state index contributed by atoms with van der Waals surface area (Å²) >= 11 is 0. The molecule has 3 nitrogen and oxygen atoms in total. The van der Waals surface area contributed by atoms with Gasteiger partial charge in [-0.05, 0) is 129 Å². The molecule has 1 atom stereocenters. The summed E-state index contributed by atoms with van der Waals surface area (Å²) in [4.78, 5) is 7.66. The molecule has 1 unspecified atom stereocenters. The van der Waals surface area contributed by atoms with Crippen LogP contribution in [0.15, 0.2) is 163 Å². The number of hydrogen-bond acceptors (Lipinski definition) is 3. The number of anilines is 7. The van der Waals surface area contributed by atoms with Crippen molar-refractivity contribution in [3.05, 3.63) is 197 Å². The molecule has 0 aliphatic carbocycles. The minimum Gasteiger partial charge on any atom is -0.334 e. The van der Waals surface area contributed by atoms with Crippen molar-refractivity contribution >= 4 is 69.4 Å². The zero-order valence-corrected chi connectivity index (χ0v) is 34.9. The number of aryl methyl sites for hydroxylation is 4. The molecule has 9 rings (SSSR count). The Morgan fingerprint density at radius 2 is 1.17 bits per heavy atom. The predicted molar refractivity (Wildman–Crippen MR) is 252 cm³/mol. The quantitative estimate of drug-likeness (QED) is 0.162. The Kier molecular flexibility index (Phi) is 9.60. The number of benzene rings is 7. The molecule has 0 spiro atoms. The number of nitrogens with zero attached hydrogens (tertiary/aromatic N) is 3. The molecule has 7 aromatic carbocycles. The van der Waals surface area contributed by atoms with Crippen molar-refractivity contribution in [3.63, 3.8) is 0 Å². The van der Waals surface area contributed by atoms with Gasteiger partial charge < -0.3 is 14.7 Å². The summed E-state index contributed by atoms with van der Waals surface area (Å²) < 4.78 is 0. The SMILES string of the molecule is Cc1ccc(N(C2=C\C3CBc4cc(C)ccc4N(c4ccc(C)cc4)c4cc(C(C)(C)C)cc(c4/C=C\2)N3c2cccc3ccccc23)c2ccc(C)cc2)cc1. The van der Waals surface area contributed by atoms with Crippen LogP contribution in [0.5, 0.6) is 0 Å². The van der Waals surface area contributed by atoms with Crippen LogP contribution >= 0.6 is 0 Å². The van der Waals surface area contributed by atoms with Gasteiger partial charge >= 0.3 is 0 Å². The molecule has 4 bridgehead atoms. The third-order valence-corrected chi connectivity index (χ3v) is 12.0. The van der Waals surface area contributed by atoms with Gasteiger partial charge in [-0.1, -0.05) is 133 Å². The summed E-state index contributed by atoms with van der Waals surface area (Å²) in [6.45, 7) is 15.8. The van der Waals surface area contributed by atoms with Crippen molar-refractivity contribution in [2.75, 3.05) is 14.7 Å². The fraction of sp³-hybridized carbons (Fsp3) is 0.185. The first-order chi connectivity index (χ1) is 28.0. The smallest absolute Gasteiger partial charge is 0.162 e. The van der Waals surface area contributed by atoms with Crippen LogP contribution in [0.2, 0.25) is 6.32 Å². The van der Waals surface area contributed by atoms with Gasteiger partial charge in [-0.15, -0.1) is 0 Å². The van der Waals surface area contributed by atoms with Crippen LogP contribution in [-0.2, 0) is 5.41 Å². The molecule has 7 aromatic rings. The highest BCUT2D eigenvalue weighted by Crippen LogP contribution is 2.49. The van der Waals surface area contributed by atoms with Crippen molar-refractivity contribution < 1.29 is 0 Å². The van der Waals surface area contributed by atoms with E-state index in [4.69, 9.17) is 0 Å². The van der Waals surface area contributed by atoms with Gasteiger partial charge in [0.15, 0.2) is 7.28 Å². The van der Waals surface area contributed by atoms with Gasteiger partial charge in [0.05, 0.1) is 11.4 Å². The Hall–Kier alpha value is -6.26. The molecule has 0 radical (unpaired) electrons. The molecule has 2 heterocycles. The van der Waals surface area contributed by atoms with E-state index in [2.05, 4.69) is 227 Å². The average Bonchev–Trinajstić information content (AvgIpc) is 3.20. The van der Waals surface area contributed by atoms with E-state index in [1.165, 1.54) is 72.4 Å². The van der Waals surface area contributed by atoms with Crippen molar-refractivity contribution in [2.45, 2.75) is 66.2 Å². The van der Waals surface area contributed by atoms with Crippen LogP contribution in [0.25, 0.3) is 16.8 Å². The monoisotopic (exact) mass is 753 g/mol. The second kappa shape index (κ2) is 14.9. The maximum Gasteiger partial charge on any atom is 0.162 e. The molecule has 0 N–H and O–H groups in total. The van der Waals surface area contributed by atoms with E-state index in [0.29, 0.717) is 0 Å². The van der Waals surface area contributed by atoms with Crippen molar-refractivity contribution in [3.8, 4) is 0 Å². The first kappa shape index (κ1) is 37.3. The standard InChI is InChI=1S/C54H52BN3/c1-36-15-22-42(23-16-36)56(43-24-17-37(2)18-25-43)45-28-29-48-52-32-41(54(5,6)7)33-53(48)58(50-14-10-12-40-11-8-9-13-47(40)50)46(34-45)35-55-49-31-39(4)21-30-51(49)57(52)44-26-19-38(3)20-27-44/h8-34,46,55H,35H2,1-7H3/b29-28-,45-34-. The summed E-state index contributed by atoms with van der Waals surface area (Å²) in [5, 5.41) is 2.49. The van der Waals surface area contributed by atoms with Crippen molar-refractivity contribution in [1.29, 1.82) is 0 Å². The Balaban J connectivity index is 1.42. The average molecular weight is 754 g/mol. The minimum atomic E-state index is -0.108. The van der Waals surface area contributed by atoms with Gasteiger partial charge in [0.1, 0.15) is 0 Å². The first-order valence-corrected chi connectivity index (χ1v) is 20.8. The van der Waals surface area contributed by atoms with Crippen molar-refractivity contribution in [1.82, 2.24) is 0 Å². The van der Waals surface area contributed by atoms with Gasteiger partial charge in [0.2, 0.25) is 0 Å². The largest absolute Gasteiger partial charge is 0.334 e. The number of allylic oxidation sites excluding steroid dienone is 1. The first-order valence-electron chi connectivity index (χ1n) is 20.8. The second-order valence-corrected chi connectivity index (χ2v) is 17.4. The zero-order chi connectivity index (χ0) is 40.1. The predicted octanol–water partition coefficient (Wildman–Crippen LogP) is 13.6. The van der Waals surface area contributed by atoms with Gasteiger partial charge in [-0.3, -0.25) is 0 Å². The van der Waals surface area contributed by atoms with Gasteiger partial charge in [0.25, 0.3) is 0 Å². The fourth-order valence-corrected chi connectivity index (χ4v) is 8.75. The lowest BCUT2D eigenvalue weighted by Crippen LogP contribution is -2.37. The number of rotatable bonds is 5. The highest BCUT2D eigenvalue weighted by atomic mass is 15.2. The molecule has 0 saturated heterocycles. The highest BCUT2D eigenvalue weighted by Gasteiger charge is 2.33. The van der Waals surface area contributed by atoms with E-state index >= 15 is 0 Å². The van der Waals surface area contributed by atoms with Crippen molar-refractivity contribution in [2.24, 2.45) is 0 Å². The molecule has 0 aromatic heterocycles. The molecule has 58 heavy (non-hydrogen) atoms. The Bertz CT molecular complexity index is 2650. The van der Waals surface area contributed by atoms with Crippen LogP contribution in [0, 0.1) is 27.7 Å². The van der Waals surface area contributed by atoms with E-state index in [9.17, 15) is 0 Å². The molecule has 0 saturated carbocycles. The van der Waals surface area contributed by atoms with E-state index in [-0.39, 0.29) is 11.5 Å². The van der Waals surface area contributed by atoms with Crippen LogP contribution in [0.3, 0.4) is 0 Å². The van der Waals surface area contributed by atoms with Crippen LogP contribution in [0.1, 0.15) is 54.2 Å². The molecule has 2 aliphatic heterocycles. The van der Waals surface area contributed by atoms with Crippen LogP contribution < -0.4 is 20.2 Å². The van der Waals surface area contributed by atoms with Gasteiger partial charge in [-0.25, -0.2) is 0 Å². The topological polar surface area (TPSA) is 9.72 Å². The molecule has 4 heteroatoms. The zero-order valence-electron chi connectivity index (χ0n) is 34.9. The fourth-order valence-electron chi connectivity index (χ4n) is 8.75. The molecular formula is C54H52BN3. The molecular weight excluding hydrogens is 701 g/mol. The lowest BCUT2D eigenvalue weighted by molar-refractivity contribution is 0.590. The summed E-state index contributed by atoms with van der Waals surface area (Å²) in [6.07, 6.45) is 8.21. The normalized spacial score (nSPS) is 16.5. The Morgan fingerprint density at radius 1 is 0.569 bits per heavy atom. The summed E-state index contributed by atoms with van der Waals surface area (Å²) in [7, 11) is 0.902. The Labute approximate surface area is 345 Å². The van der Waals surface area contributed by atoms with E-state index in [1.54, 1.807) is 0 Å². The summed E-state index contributed by atoms with van der Waals surface area (Å²) in [6, 6.07) is 54.7. The summed E-state index contributed by atoms with van der Waals surface area (Å²) in [5.41, 5.74) is 18.2. The lowest BCUT2D eigenvalue weighted by Gasteiger charge is -2.41. The van der Waals surface area contributed by atoms with E-state index < -0.39 is 0 Å². The Morgan fingerprint density at radius 3 is 1.84 bits per heavy atom. The molecule has 0 amide bonds. The van der Waals surface area contributed by atoms with E-state index in [0.717, 1.165) is 36.4 Å². The van der Waals surface area contributed by atoms with Crippen LogP contribution in [-0.4, -0.2) is 13.3 Å². The van der Waals surface area contributed by atoms with Gasteiger partial charge in [0, 0.05) is 51.1 Å². The van der Waals surface area contributed by atoms with Crippen LogP contribution in [0.4, 0.5) is 39.8 Å². The maximum absolute atomic E-state index is 2.68. The second-order valence-electron chi connectivity index (χ2n) is 17.4.